The van der Waals surface area contributed by atoms with Gasteiger partial charge in [-0.05, 0) is 31.2 Å². The molecular formula is C16H19N3S2. The highest BCUT2D eigenvalue weighted by molar-refractivity contribution is 7.99. The van der Waals surface area contributed by atoms with Gasteiger partial charge in [0.25, 0.3) is 0 Å². The summed E-state index contributed by atoms with van der Waals surface area (Å²) in [6.07, 6.45) is 5.93. The third-order valence-corrected chi connectivity index (χ3v) is 5.46. The van der Waals surface area contributed by atoms with Crippen LogP contribution in [0, 0.1) is 0 Å². The lowest BCUT2D eigenvalue weighted by molar-refractivity contribution is 0.764. The van der Waals surface area contributed by atoms with Crippen LogP contribution in [0.1, 0.15) is 24.8 Å². The summed E-state index contributed by atoms with van der Waals surface area (Å²) in [5, 5.41) is 5.26. The third kappa shape index (κ3) is 2.99. The first-order valence-electron chi connectivity index (χ1n) is 7.18. The number of thiocarbonyl (C=S) groups is 1. The molecule has 1 aliphatic rings. The molecule has 1 fully saturated rings. The number of pyridine rings is 1. The Bertz CT molecular complexity index is 672. The molecule has 1 aromatic heterocycles. The van der Waals surface area contributed by atoms with E-state index in [2.05, 4.69) is 11.6 Å². The number of benzene rings is 1. The topological polar surface area (TPSA) is 50.9 Å². The van der Waals surface area contributed by atoms with E-state index < -0.39 is 0 Å². The van der Waals surface area contributed by atoms with Crippen LogP contribution in [0.2, 0.25) is 0 Å². The fraction of sp³-hybridized carbons (Fsp3) is 0.375. The lowest BCUT2D eigenvalue weighted by atomic mass is 10.1. The molecule has 1 heterocycles. The second-order valence-corrected chi connectivity index (χ2v) is 6.91. The highest BCUT2D eigenvalue weighted by Gasteiger charge is 2.26. The predicted octanol–water partition coefficient (Wildman–Crippen LogP) is 3.57. The van der Waals surface area contributed by atoms with Crippen molar-refractivity contribution in [1.29, 1.82) is 0 Å². The maximum Gasteiger partial charge on any atom is 0.127 e. The number of thioether (sulfide) groups is 1. The van der Waals surface area contributed by atoms with Gasteiger partial charge >= 0.3 is 0 Å². The van der Waals surface area contributed by atoms with Gasteiger partial charge in [0.2, 0.25) is 0 Å². The van der Waals surface area contributed by atoms with E-state index in [9.17, 15) is 0 Å². The number of fused-ring (bicyclic) bond motifs is 1. The lowest BCUT2D eigenvalue weighted by Gasteiger charge is -2.20. The minimum atomic E-state index is 0.421. The number of aromatic nitrogens is 1. The van der Waals surface area contributed by atoms with Crippen LogP contribution in [0.15, 0.2) is 30.3 Å². The fourth-order valence-electron chi connectivity index (χ4n) is 3.02. The Labute approximate surface area is 134 Å². The van der Waals surface area contributed by atoms with Gasteiger partial charge in [-0.1, -0.05) is 36.8 Å². The second kappa shape index (κ2) is 6.20. The molecule has 5 heteroatoms. The molecule has 0 spiro atoms. The first kappa shape index (κ1) is 14.6. The highest BCUT2D eigenvalue weighted by Crippen LogP contribution is 2.31. The number of nitrogens with zero attached hydrogens (tertiary/aromatic N) is 1. The number of hydrogen-bond acceptors (Lipinski definition) is 4. The van der Waals surface area contributed by atoms with Crippen LogP contribution in [-0.4, -0.2) is 27.5 Å². The van der Waals surface area contributed by atoms with Gasteiger partial charge in [0.1, 0.15) is 10.8 Å². The van der Waals surface area contributed by atoms with Gasteiger partial charge in [0.15, 0.2) is 0 Å². The zero-order valence-electron chi connectivity index (χ0n) is 12.0. The molecule has 0 amide bonds. The molecule has 1 aliphatic carbocycles. The van der Waals surface area contributed by atoms with Gasteiger partial charge in [0.05, 0.1) is 5.52 Å². The SMILES string of the molecule is CSC1CCCC1Nc1cc(C(N)=S)c2ccccc2n1. The van der Waals surface area contributed by atoms with E-state index in [0.717, 1.165) is 22.3 Å². The van der Waals surface area contributed by atoms with Crippen molar-refractivity contribution in [2.75, 3.05) is 11.6 Å². The van der Waals surface area contributed by atoms with Crippen molar-refractivity contribution in [3.63, 3.8) is 0 Å². The van der Waals surface area contributed by atoms with Crippen molar-refractivity contribution in [2.45, 2.75) is 30.6 Å². The Balaban J connectivity index is 1.97. The average Bonchev–Trinajstić information content (AvgIpc) is 2.93. The van der Waals surface area contributed by atoms with Crippen molar-refractivity contribution in [1.82, 2.24) is 4.98 Å². The monoisotopic (exact) mass is 317 g/mol. The zero-order valence-corrected chi connectivity index (χ0v) is 13.6. The number of rotatable bonds is 4. The summed E-state index contributed by atoms with van der Waals surface area (Å²) in [7, 11) is 0. The van der Waals surface area contributed by atoms with Gasteiger partial charge < -0.3 is 11.1 Å². The van der Waals surface area contributed by atoms with Crippen molar-refractivity contribution in [3.8, 4) is 0 Å². The number of para-hydroxylation sites is 1. The summed E-state index contributed by atoms with van der Waals surface area (Å²) in [5.74, 6) is 0.877. The molecule has 1 saturated carbocycles. The van der Waals surface area contributed by atoms with Crippen LogP contribution in [0.4, 0.5) is 5.82 Å². The van der Waals surface area contributed by atoms with Crippen LogP contribution in [-0.2, 0) is 0 Å². The van der Waals surface area contributed by atoms with Gasteiger partial charge in [-0.15, -0.1) is 0 Å². The second-order valence-electron chi connectivity index (χ2n) is 5.39. The molecule has 3 N–H and O–H groups in total. The quantitative estimate of drug-likeness (QED) is 0.844. The molecule has 0 bridgehead atoms. The minimum absolute atomic E-state index is 0.421. The molecule has 0 aliphatic heterocycles. The van der Waals surface area contributed by atoms with Crippen LogP contribution in [0.3, 0.4) is 0 Å². The first-order valence-corrected chi connectivity index (χ1v) is 8.87. The normalized spacial score (nSPS) is 21.6. The lowest BCUT2D eigenvalue weighted by Crippen LogP contribution is -2.26. The molecule has 0 radical (unpaired) electrons. The molecule has 3 rings (SSSR count). The molecule has 110 valence electrons. The number of anilines is 1. The first-order chi connectivity index (χ1) is 10.2. The smallest absolute Gasteiger partial charge is 0.127 e. The van der Waals surface area contributed by atoms with Crippen molar-refractivity contribution in [2.24, 2.45) is 5.73 Å². The average molecular weight is 317 g/mol. The van der Waals surface area contributed by atoms with E-state index in [0.29, 0.717) is 16.3 Å². The summed E-state index contributed by atoms with van der Waals surface area (Å²) >= 11 is 7.13. The summed E-state index contributed by atoms with van der Waals surface area (Å²) in [6, 6.07) is 10.5. The molecule has 2 atom stereocenters. The molecule has 2 unspecified atom stereocenters. The zero-order chi connectivity index (χ0) is 14.8. The van der Waals surface area contributed by atoms with E-state index in [-0.39, 0.29) is 0 Å². The van der Waals surface area contributed by atoms with Gasteiger partial charge in [0, 0.05) is 22.2 Å². The minimum Gasteiger partial charge on any atom is -0.389 e. The number of hydrogen-bond donors (Lipinski definition) is 2. The van der Waals surface area contributed by atoms with Crippen molar-refractivity contribution >= 4 is 45.7 Å². The van der Waals surface area contributed by atoms with Gasteiger partial charge in [-0.3, -0.25) is 0 Å². The summed E-state index contributed by atoms with van der Waals surface area (Å²) < 4.78 is 0. The highest BCUT2D eigenvalue weighted by atomic mass is 32.2. The molecule has 0 saturated heterocycles. The third-order valence-electron chi connectivity index (χ3n) is 4.07. The van der Waals surface area contributed by atoms with E-state index in [1.165, 1.54) is 19.3 Å². The van der Waals surface area contributed by atoms with E-state index in [4.69, 9.17) is 22.9 Å². The molecule has 2 aromatic rings. The fourth-order valence-corrected chi connectivity index (χ4v) is 4.12. The number of nitrogens with two attached hydrogens (primary N) is 1. The Morgan fingerprint density at radius 2 is 2.19 bits per heavy atom. The van der Waals surface area contributed by atoms with Crippen LogP contribution in [0.5, 0.6) is 0 Å². The Kier molecular flexibility index (Phi) is 4.31. The van der Waals surface area contributed by atoms with Crippen LogP contribution < -0.4 is 11.1 Å². The summed E-state index contributed by atoms with van der Waals surface area (Å²) in [4.78, 5) is 5.14. The molecule has 21 heavy (non-hydrogen) atoms. The largest absolute Gasteiger partial charge is 0.389 e. The van der Waals surface area contributed by atoms with Gasteiger partial charge in [-0.2, -0.15) is 11.8 Å². The Morgan fingerprint density at radius 1 is 1.38 bits per heavy atom. The van der Waals surface area contributed by atoms with Gasteiger partial charge in [-0.25, -0.2) is 4.98 Å². The van der Waals surface area contributed by atoms with Crippen molar-refractivity contribution < 1.29 is 0 Å². The van der Waals surface area contributed by atoms with E-state index in [1.54, 1.807) is 0 Å². The van der Waals surface area contributed by atoms with Crippen LogP contribution in [0.25, 0.3) is 10.9 Å². The maximum atomic E-state index is 5.88. The molecule has 1 aromatic carbocycles. The summed E-state index contributed by atoms with van der Waals surface area (Å²) in [6.45, 7) is 0. The molecule has 3 nitrogen and oxygen atoms in total. The standard InChI is InChI=1S/C16H19N3S2/c1-21-14-8-4-7-13(14)19-15-9-11(16(17)20)10-5-2-3-6-12(10)18-15/h2-3,5-6,9,13-14H,4,7-8H2,1H3,(H2,17,20)(H,18,19). The maximum absolute atomic E-state index is 5.88. The Hall–Kier alpha value is -1.33. The van der Waals surface area contributed by atoms with E-state index >= 15 is 0 Å². The number of nitrogens with one attached hydrogen (secondary N) is 1. The Morgan fingerprint density at radius 3 is 2.95 bits per heavy atom. The predicted molar refractivity (Wildman–Crippen MR) is 96.2 cm³/mol. The van der Waals surface area contributed by atoms with Crippen molar-refractivity contribution in [3.05, 3.63) is 35.9 Å². The molecular weight excluding hydrogens is 298 g/mol. The summed E-state index contributed by atoms with van der Waals surface area (Å²) in [5.41, 5.74) is 7.72. The van der Waals surface area contributed by atoms with E-state index in [1.807, 2.05) is 42.1 Å². The van der Waals surface area contributed by atoms with Crippen LogP contribution >= 0.6 is 24.0 Å².